The highest BCUT2D eigenvalue weighted by atomic mass is 79.9. The number of hydrogen-bond acceptors (Lipinski definition) is 3. The molecule has 1 aromatic heterocycles. The van der Waals surface area contributed by atoms with E-state index < -0.39 is 12.1 Å². The van der Waals surface area contributed by atoms with E-state index >= 15 is 0 Å². The van der Waals surface area contributed by atoms with Crippen molar-refractivity contribution in [1.29, 1.82) is 0 Å². The molecule has 0 fully saturated rings. The molecule has 0 aliphatic heterocycles. The quantitative estimate of drug-likeness (QED) is 0.903. The van der Waals surface area contributed by atoms with Gasteiger partial charge < -0.3 is 14.6 Å². The van der Waals surface area contributed by atoms with Crippen molar-refractivity contribution in [3.8, 4) is 0 Å². The molecular weight excluding hydrogens is 323 g/mol. The third-order valence-electron chi connectivity index (χ3n) is 2.36. The Hall–Kier alpha value is -1.30. The predicted molar refractivity (Wildman–Crippen MR) is 68.9 cm³/mol. The number of aliphatic hydroxyl groups is 1. The molecule has 2 rings (SSSR count). The SMILES string of the molecule is O=C(O)c1ccc(C(O)c2ccc(Cl)cc2Br)o1. The molecule has 1 unspecified atom stereocenters. The topological polar surface area (TPSA) is 70.7 Å². The number of carbonyl (C=O) groups is 1. The van der Waals surface area contributed by atoms with E-state index in [-0.39, 0.29) is 11.5 Å². The van der Waals surface area contributed by atoms with Crippen LogP contribution in [0.15, 0.2) is 39.2 Å². The van der Waals surface area contributed by atoms with E-state index in [0.29, 0.717) is 15.1 Å². The van der Waals surface area contributed by atoms with Gasteiger partial charge in [0.05, 0.1) is 0 Å². The van der Waals surface area contributed by atoms with Crippen molar-refractivity contribution in [2.75, 3.05) is 0 Å². The Morgan fingerprint density at radius 3 is 2.61 bits per heavy atom. The van der Waals surface area contributed by atoms with Crippen LogP contribution in [0, 0.1) is 0 Å². The number of hydrogen-bond donors (Lipinski definition) is 2. The summed E-state index contributed by atoms with van der Waals surface area (Å²) in [6.07, 6.45) is -1.05. The van der Waals surface area contributed by atoms with Crippen LogP contribution >= 0.6 is 27.5 Å². The number of benzene rings is 1. The number of rotatable bonds is 3. The van der Waals surface area contributed by atoms with Gasteiger partial charge in [-0.2, -0.15) is 0 Å². The van der Waals surface area contributed by atoms with E-state index in [1.54, 1.807) is 18.2 Å². The molecule has 4 nitrogen and oxygen atoms in total. The zero-order valence-corrected chi connectivity index (χ0v) is 11.3. The highest BCUT2D eigenvalue weighted by Crippen LogP contribution is 2.31. The van der Waals surface area contributed by atoms with E-state index in [1.807, 2.05) is 0 Å². The average molecular weight is 332 g/mol. The number of furan rings is 1. The number of aromatic carboxylic acids is 1. The molecule has 0 radical (unpaired) electrons. The average Bonchev–Trinajstić information content (AvgIpc) is 2.77. The van der Waals surface area contributed by atoms with E-state index in [0.717, 1.165) is 0 Å². The molecule has 1 heterocycles. The first-order chi connectivity index (χ1) is 8.49. The molecule has 1 aromatic carbocycles. The van der Waals surface area contributed by atoms with Gasteiger partial charge in [-0.25, -0.2) is 4.79 Å². The summed E-state index contributed by atoms with van der Waals surface area (Å²) in [6, 6.07) is 7.63. The van der Waals surface area contributed by atoms with Crippen LogP contribution < -0.4 is 0 Å². The smallest absolute Gasteiger partial charge is 0.371 e. The summed E-state index contributed by atoms with van der Waals surface area (Å²) in [4.78, 5) is 10.7. The summed E-state index contributed by atoms with van der Waals surface area (Å²) in [6.45, 7) is 0. The Morgan fingerprint density at radius 2 is 2.06 bits per heavy atom. The fourth-order valence-electron chi connectivity index (χ4n) is 1.49. The standard InChI is InChI=1S/C12H8BrClO4/c13-8-5-6(14)1-2-7(8)11(15)9-3-4-10(18-9)12(16)17/h1-5,11,15H,(H,16,17). The van der Waals surface area contributed by atoms with E-state index in [2.05, 4.69) is 15.9 Å². The van der Waals surface area contributed by atoms with Crippen molar-refractivity contribution < 1.29 is 19.4 Å². The number of aliphatic hydroxyl groups excluding tert-OH is 1. The van der Waals surface area contributed by atoms with Crippen LogP contribution in [0.5, 0.6) is 0 Å². The van der Waals surface area contributed by atoms with Gasteiger partial charge in [0.15, 0.2) is 0 Å². The fourth-order valence-corrected chi connectivity index (χ4v) is 2.39. The van der Waals surface area contributed by atoms with Gasteiger partial charge in [0.2, 0.25) is 5.76 Å². The van der Waals surface area contributed by atoms with Crippen molar-refractivity contribution in [1.82, 2.24) is 0 Å². The van der Waals surface area contributed by atoms with Gasteiger partial charge in [-0.1, -0.05) is 33.6 Å². The maximum absolute atomic E-state index is 10.7. The fraction of sp³-hybridized carbons (Fsp3) is 0.0833. The normalized spacial score (nSPS) is 12.4. The zero-order chi connectivity index (χ0) is 13.3. The summed E-state index contributed by atoms with van der Waals surface area (Å²) in [5.74, 6) is -1.23. The highest BCUT2D eigenvalue weighted by Gasteiger charge is 2.19. The van der Waals surface area contributed by atoms with Crippen molar-refractivity contribution >= 4 is 33.5 Å². The summed E-state index contributed by atoms with van der Waals surface area (Å²) in [7, 11) is 0. The second-order valence-corrected chi connectivity index (χ2v) is 4.87. The molecular formula is C12H8BrClO4. The van der Waals surface area contributed by atoms with Crippen molar-refractivity contribution in [3.05, 3.63) is 56.9 Å². The first-order valence-corrected chi connectivity index (χ1v) is 6.12. The number of carboxylic acids is 1. The maximum atomic E-state index is 10.7. The molecule has 0 bridgehead atoms. The molecule has 0 saturated carbocycles. The van der Waals surface area contributed by atoms with E-state index in [4.69, 9.17) is 21.1 Å². The summed E-state index contributed by atoms with van der Waals surface area (Å²) >= 11 is 9.08. The largest absolute Gasteiger partial charge is 0.475 e. The van der Waals surface area contributed by atoms with E-state index in [1.165, 1.54) is 12.1 Å². The highest BCUT2D eigenvalue weighted by molar-refractivity contribution is 9.10. The minimum absolute atomic E-state index is 0.162. The molecule has 6 heteroatoms. The van der Waals surface area contributed by atoms with Gasteiger partial charge in [-0.05, 0) is 24.3 Å². The Morgan fingerprint density at radius 1 is 1.33 bits per heavy atom. The zero-order valence-electron chi connectivity index (χ0n) is 8.93. The summed E-state index contributed by atoms with van der Waals surface area (Å²) < 4.78 is 5.66. The minimum atomic E-state index is -1.18. The molecule has 0 aliphatic carbocycles. The lowest BCUT2D eigenvalue weighted by atomic mass is 10.1. The molecule has 0 spiro atoms. The molecule has 2 aromatic rings. The van der Waals surface area contributed by atoms with Crippen molar-refractivity contribution in [3.63, 3.8) is 0 Å². The first kappa shape index (κ1) is 13.1. The first-order valence-electron chi connectivity index (χ1n) is 4.95. The Balaban J connectivity index is 2.35. The van der Waals surface area contributed by atoms with Crippen LogP contribution in [0.2, 0.25) is 5.02 Å². The Labute approximate surface area is 116 Å². The predicted octanol–water partition coefficient (Wildman–Crippen LogP) is 3.48. The van der Waals surface area contributed by atoms with Crippen LogP contribution in [0.1, 0.15) is 28.0 Å². The van der Waals surface area contributed by atoms with Gasteiger partial charge in [0, 0.05) is 15.1 Å². The molecule has 18 heavy (non-hydrogen) atoms. The van der Waals surface area contributed by atoms with Crippen LogP contribution in [-0.4, -0.2) is 16.2 Å². The van der Waals surface area contributed by atoms with Gasteiger partial charge in [0.25, 0.3) is 0 Å². The Kier molecular flexibility index (Phi) is 3.75. The maximum Gasteiger partial charge on any atom is 0.371 e. The molecule has 1 atom stereocenters. The summed E-state index contributed by atoms with van der Waals surface area (Å²) in [5, 5.41) is 19.4. The molecule has 0 amide bonds. The third-order valence-corrected chi connectivity index (χ3v) is 3.29. The van der Waals surface area contributed by atoms with Gasteiger partial charge in [-0.15, -0.1) is 0 Å². The second kappa shape index (κ2) is 5.14. The molecule has 2 N–H and O–H groups in total. The van der Waals surface area contributed by atoms with Crippen LogP contribution in [0.4, 0.5) is 0 Å². The van der Waals surface area contributed by atoms with Crippen molar-refractivity contribution in [2.24, 2.45) is 0 Å². The number of carboxylic acid groups (broad SMARTS) is 1. The third kappa shape index (κ3) is 2.58. The molecule has 0 aliphatic rings. The molecule has 94 valence electrons. The van der Waals surface area contributed by atoms with Crippen LogP contribution in [0.3, 0.4) is 0 Å². The van der Waals surface area contributed by atoms with Crippen LogP contribution in [-0.2, 0) is 0 Å². The summed E-state index contributed by atoms with van der Waals surface area (Å²) in [5.41, 5.74) is 0.547. The van der Waals surface area contributed by atoms with Crippen molar-refractivity contribution in [2.45, 2.75) is 6.10 Å². The lowest BCUT2D eigenvalue weighted by Gasteiger charge is -2.10. The van der Waals surface area contributed by atoms with Gasteiger partial charge in [0.1, 0.15) is 11.9 Å². The van der Waals surface area contributed by atoms with Gasteiger partial charge in [-0.3, -0.25) is 0 Å². The second-order valence-electron chi connectivity index (χ2n) is 3.58. The number of halogens is 2. The van der Waals surface area contributed by atoms with Crippen LogP contribution in [0.25, 0.3) is 0 Å². The minimum Gasteiger partial charge on any atom is -0.475 e. The monoisotopic (exact) mass is 330 g/mol. The molecule has 0 saturated heterocycles. The van der Waals surface area contributed by atoms with E-state index in [9.17, 15) is 9.90 Å². The lowest BCUT2D eigenvalue weighted by Crippen LogP contribution is -1.99. The van der Waals surface area contributed by atoms with Gasteiger partial charge >= 0.3 is 5.97 Å². The lowest BCUT2D eigenvalue weighted by molar-refractivity contribution is 0.0655. The Bertz CT molecular complexity index is 594.